The molecular formula is C29H45N3O2S. The average Bonchev–Trinajstić information content (AvgIpc) is 2.85. The van der Waals surface area contributed by atoms with Crippen LogP contribution >= 0.6 is 12.2 Å². The van der Waals surface area contributed by atoms with Gasteiger partial charge in [-0.1, -0.05) is 115 Å². The van der Waals surface area contributed by atoms with Crippen molar-refractivity contribution in [1.29, 1.82) is 0 Å². The van der Waals surface area contributed by atoms with Crippen LogP contribution in [-0.4, -0.2) is 28.0 Å². The number of aromatic hydroxyl groups is 1. The van der Waals surface area contributed by atoms with Crippen molar-refractivity contribution < 1.29 is 5.11 Å². The molecule has 0 spiro atoms. The quantitative estimate of drug-likeness (QED) is 0.111. The number of unbranched alkanes of at least 4 members (excludes halogenated alkanes) is 15. The van der Waals surface area contributed by atoms with E-state index in [0.717, 1.165) is 13.0 Å². The molecule has 0 radical (unpaired) electrons. The van der Waals surface area contributed by atoms with Crippen LogP contribution in [0, 0.1) is 0 Å². The van der Waals surface area contributed by atoms with Crippen LogP contribution in [0.2, 0.25) is 0 Å². The van der Waals surface area contributed by atoms with Gasteiger partial charge in [0.1, 0.15) is 11.3 Å². The predicted molar refractivity (Wildman–Crippen MR) is 154 cm³/mol. The summed E-state index contributed by atoms with van der Waals surface area (Å²) < 4.78 is 0. The molecule has 2 rings (SSSR count). The van der Waals surface area contributed by atoms with Crippen LogP contribution in [0.15, 0.2) is 34.1 Å². The van der Waals surface area contributed by atoms with Gasteiger partial charge in [-0.05, 0) is 30.8 Å². The fraction of sp³-hybridized carbons (Fsp3) is 0.621. The van der Waals surface area contributed by atoms with Crippen LogP contribution in [0.1, 0.15) is 115 Å². The van der Waals surface area contributed by atoms with Gasteiger partial charge in [0.05, 0.1) is 5.52 Å². The number of nitrogens with zero attached hydrogens (tertiary/aromatic N) is 1. The van der Waals surface area contributed by atoms with E-state index in [4.69, 9.17) is 12.2 Å². The van der Waals surface area contributed by atoms with E-state index in [1.165, 1.54) is 103 Å². The number of pyridine rings is 1. The van der Waals surface area contributed by atoms with Crippen molar-refractivity contribution in [1.82, 2.24) is 10.3 Å². The van der Waals surface area contributed by atoms with Gasteiger partial charge in [-0.2, -0.15) is 0 Å². The fourth-order valence-electron chi connectivity index (χ4n) is 4.40. The number of nitrogens with one attached hydrogen (secondary N) is 2. The first kappa shape index (κ1) is 29.0. The van der Waals surface area contributed by atoms with Crippen LogP contribution in [-0.2, 0) is 0 Å². The highest BCUT2D eigenvalue weighted by atomic mass is 32.1. The zero-order valence-corrected chi connectivity index (χ0v) is 22.4. The summed E-state index contributed by atoms with van der Waals surface area (Å²) in [5.74, 6) is -0.0753. The topological polar surface area (TPSA) is 77.5 Å². The molecule has 2 aromatic rings. The standard InChI is InChI=1S/C29H45N3O2S/c1-2-3-4-5-6-7-8-9-10-11-12-13-14-15-16-19-22-30-29(35)31-23-25-27(33)24-20-17-18-21-26(24)32-28(25)34/h17-18,20-21,23H,2-16,19,22H2,1H3,(H,30,35)(H2,32,33,34). The normalized spacial score (nSPS) is 11.5. The Morgan fingerprint density at radius 3 is 1.97 bits per heavy atom. The lowest BCUT2D eigenvalue weighted by molar-refractivity contribution is 0.479. The Bertz CT molecular complexity index is 955. The smallest absolute Gasteiger partial charge is 0.261 e. The number of para-hydroxylation sites is 1. The van der Waals surface area contributed by atoms with Gasteiger partial charge in [0.2, 0.25) is 0 Å². The molecule has 1 aromatic carbocycles. The number of benzene rings is 1. The summed E-state index contributed by atoms with van der Waals surface area (Å²) in [6.45, 7) is 3.05. The van der Waals surface area contributed by atoms with E-state index in [1.54, 1.807) is 12.1 Å². The third-order valence-electron chi connectivity index (χ3n) is 6.55. The van der Waals surface area contributed by atoms with Crippen molar-refractivity contribution in [3.63, 3.8) is 0 Å². The molecule has 0 fully saturated rings. The van der Waals surface area contributed by atoms with E-state index >= 15 is 0 Å². The Kier molecular flexibility index (Phi) is 15.0. The van der Waals surface area contributed by atoms with Crippen LogP contribution in [0.5, 0.6) is 5.75 Å². The van der Waals surface area contributed by atoms with Crippen molar-refractivity contribution >= 4 is 34.4 Å². The molecule has 6 heteroatoms. The number of hydrogen-bond acceptors (Lipinski definition) is 3. The molecule has 3 N–H and O–H groups in total. The van der Waals surface area contributed by atoms with E-state index in [9.17, 15) is 9.90 Å². The van der Waals surface area contributed by atoms with E-state index in [2.05, 4.69) is 22.2 Å². The van der Waals surface area contributed by atoms with Crippen molar-refractivity contribution in [2.24, 2.45) is 4.99 Å². The second-order valence-corrected chi connectivity index (χ2v) is 9.94. The first-order valence-electron chi connectivity index (χ1n) is 13.8. The molecule has 194 valence electrons. The van der Waals surface area contributed by atoms with Gasteiger partial charge in [0, 0.05) is 18.1 Å². The van der Waals surface area contributed by atoms with E-state index in [-0.39, 0.29) is 16.9 Å². The number of aliphatic imine (C=N–C) groups is 1. The summed E-state index contributed by atoms with van der Waals surface area (Å²) in [6.07, 6.45) is 22.9. The number of hydrogen-bond donors (Lipinski definition) is 3. The molecule has 5 nitrogen and oxygen atoms in total. The summed E-state index contributed by atoms with van der Waals surface area (Å²) in [7, 11) is 0. The number of rotatable bonds is 18. The highest BCUT2D eigenvalue weighted by Crippen LogP contribution is 2.23. The molecule has 1 aromatic heterocycles. The lowest BCUT2D eigenvalue weighted by Gasteiger charge is -2.06. The molecular weight excluding hydrogens is 454 g/mol. The molecule has 1 heterocycles. The van der Waals surface area contributed by atoms with Crippen molar-refractivity contribution in [3.05, 3.63) is 40.2 Å². The molecule has 35 heavy (non-hydrogen) atoms. The Morgan fingerprint density at radius 2 is 1.40 bits per heavy atom. The summed E-state index contributed by atoms with van der Waals surface area (Å²) in [4.78, 5) is 19.1. The number of H-pyrrole nitrogens is 1. The van der Waals surface area contributed by atoms with Crippen LogP contribution < -0.4 is 10.9 Å². The zero-order chi connectivity index (χ0) is 25.1. The first-order valence-corrected chi connectivity index (χ1v) is 14.2. The SMILES string of the molecule is CCCCCCCCCCCCCCCCCCNC(=S)N=Cc1c(O)c2ccccc2[nH]c1=O. The maximum absolute atomic E-state index is 12.2. The summed E-state index contributed by atoms with van der Waals surface area (Å²) in [5.41, 5.74) is 0.331. The van der Waals surface area contributed by atoms with Crippen molar-refractivity contribution in [2.45, 2.75) is 110 Å². The third-order valence-corrected chi connectivity index (χ3v) is 6.80. The minimum Gasteiger partial charge on any atom is -0.506 e. The van der Waals surface area contributed by atoms with E-state index in [1.807, 2.05) is 12.1 Å². The van der Waals surface area contributed by atoms with Gasteiger partial charge < -0.3 is 15.4 Å². The molecule has 0 aliphatic rings. The monoisotopic (exact) mass is 499 g/mol. The zero-order valence-electron chi connectivity index (χ0n) is 21.6. The fourth-order valence-corrected chi connectivity index (χ4v) is 4.55. The summed E-state index contributed by atoms with van der Waals surface area (Å²) >= 11 is 5.24. The highest BCUT2D eigenvalue weighted by molar-refractivity contribution is 7.80. The first-order chi connectivity index (χ1) is 17.1. The summed E-state index contributed by atoms with van der Waals surface area (Å²) in [5, 5.41) is 14.4. The second kappa shape index (κ2) is 18.1. The number of aromatic nitrogens is 1. The van der Waals surface area contributed by atoms with Gasteiger partial charge in [0.15, 0.2) is 5.11 Å². The maximum Gasteiger partial charge on any atom is 0.261 e. The average molecular weight is 500 g/mol. The minimum absolute atomic E-state index is 0.0753. The second-order valence-electron chi connectivity index (χ2n) is 9.56. The summed E-state index contributed by atoms with van der Waals surface area (Å²) in [6, 6.07) is 7.13. The lowest BCUT2D eigenvalue weighted by Crippen LogP contribution is -2.21. The van der Waals surface area contributed by atoms with Crippen LogP contribution in [0.4, 0.5) is 0 Å². The Balaban J connectivity index is 1.46. The molecule has 0 saturated carbocycles. The number of fused-ring (bicyclic) bond motifs is 1. The van der Waals surface area contributed by atoms with E-state index in [0.29, 0.717) is 16.0 Å². The van der Waals surface area contributed by atoms with Crippen molar-refractivity contribution in [2.75, 3.05) is 6.54 Å². The minimum atomic E-state index is -0.384. The van der Waals surface area contributed by atoms with Gasteiger partial charge in [-0.15, -0.1) is 0 Å². The number of aromatic amines is 1. The highest BCUT2D eigenvalue weighted by Gasteiger charge is 2.09. The van der Waals surface area contributed by atoms with Crippen LogP contribution in [0.25, 0.3) is 10.9 Å². The van der Waals surface area contributed by atoms with E-state index < -0.39 is 0 Å². The largest absolute Gasteiger partial charge is 0.506 e. The molecule has 0 aliphatic carbocycles. The number of thiocarbonyl (C=S) groups is 1. The third kappa shape index (κ3) is 11.9. The van der Waals surface area contributed by atoms with Gasteiger partial charge in [-0.3, -0.25) is 4.79 Å². The predicted octanol–water partition coefficient (Wildman–Crippen LogP) is 7.79. The molecule has 0 saturated heterocycles. The Hall–Kier alpha value is -2.21. The van der Waals surface area contributed by atoms with Gasteiger partial charge in [-0.25, -0.2) is 4.99 Å². The molecule has 0 amide bonds. The maximum atomic E-state index is 12.2. The van der Waals surface area contributed by atoms with Crippen molar-refractivity contribution in [3.8, 4) is 5.75 Å². The van der Waals surface area contributed by atoms with Crippen LogP contribution in [0.3, 0.4) is 0 Å². The lowest BCUT2D eigenvalue weighted by atomic mass is 10.0. The Morgan fingerprint density at radius 1 is 0.886 bits per heavy atom. The molecule has 0 unspecified atom stereocenters. The van der Waals surface area contributed by atoms with Gasteiger partial charge in [0.25, 0.3) is 5.56 Å². The molecule has 0 bridgehead atoms. The molecule has 0 atom stereocenters. The molecule has 0 aliphatic heterocycles. The Labute approximate surface area is 216 Å². The van der Waals surface area contributed by atoms with Gasteiger partial charge >= 0.3 is 0 Å².